The van der Waals surface area contributed by atoms with Gasteiger partial charge in [-0.05, 0) is 51.0 Å². The molecule has 0 unspecified atom stereocenters. The SMILES string of the molecule is C[C@@H]1Cc2cc(O)cc(O)c2C(=O)O[C@H](C)CC(=O)O[C@H](C)Cc2cc(O)cc(O)c2C(=O)O[C@H](C)CC(=O)O1. The molecule has 0 aromatic heterocycles. The van der Waals surface area contributed by atoms with Crippen molar-refractivity contribution >= 4 is 23.9 Å². The van der Waals surface area contributed by atoms with Crippen molar-refractivity contribution < 1.29 is 58.6 Å². The number of cyclic esters (lactones) is 4. The van der Waals surface area contributed by atoms with Crippen LogP contribution in [0.4, 0.5) is 0 Å². The van der Waals surface area contributed by atoms with Crippen LogP contribution in [0.3, 0.4) is 0 Å². The maximum Gasteiger partial charge on any atom is 0.342 e. The number of hydrogen-bond donors (Lipinski definition) is 4. The molecule has 0 fully saturated rings. The van der Waals surface area contributed by atoms with Crippen molar-refractivity contribution in [3.8, 4) is 23.0 Å². The summed E-state index contributed by atoms with van der Waals surface area (Å²) in [7, 11) is 0. The third-order valence-corrected chi connectivity index (χ3v) is 5.98. The largest absolute Gasteiger partial charge is 0.508 e. The maximum atomic E-state index is 12.9. The van der Waals surface area contributed by atoms with Gasteiger partial charge in [0.1, 0.15) is 58.5 Å². The Morgan fingerprint density at radius 3 is 1.20 bits per heavy atom. The highest BCUT2D eigenvalue weighted by molar-refractivity contribution is 5.95. The molecular weight excluding hydrogens is 528 g/mol. The van der Waals surface area contributed by atoms with Crippen LogP contribution in [-0.2, 0) is 41.4 Å². The van der Waals surface area contributed by atoms with Crippen LogP contribution in [0.25, 0.3) is 0 Å². The molecule has 4 N–H and O–H groups in total. The third-order valence-electron chi connectivity index (χ3n) is 5.98. The van der Waals surface area contributed by atoms with E-state index >= 15 is 0 Å². The number of rotatable bonds is 0. The van der Waals surface area contributed by atoms with Crippen molar-refractivity contribution in [2.75, 3.05) is 0 Å². The number of esters is 4. The summed E-state index contributed by atoms with van der Waals surface area (Å²) in [5.74, 6) is -5.19. The summed E-state index contributed by atoms with van der Waals surface area (Å²) in [4.78, 5) is 50.9. The van der Waals surface area contributed by atoms with Gasteiger partial charge in [0.15, 0.2) is 0 Å². The normalized spacial score (nSPS) is 23.5. The zero-order valence-electron chi connectivity index (χ0n) is 22.5. The molecule has 1 aliphatic heterocycles. The molecule has 0 saturated heterocycles. The quantitative estimate of drug-likeness (QED) is 0.273. The standard InChI is InChI=1S/C28H32O12/c1-13-5-17-9-19(29)11-21(31)25(17)27(35)40-16(4)8-24(34)38-14(2)6-18-10-20(30)12-22(32)26(18)28(36)39-15(3)7-23(33)37-13/h9-16,29-32H,5-8H2,1-4H3/t13-,14-,15-,16-/m1/s1. The lowest BCUT2D eigenvalue weighted by Crippen LogP contribution is -2.26. The summed E-state index contributed by atoms with van der Waals surface area (Å²) in [5.41, 5.74) is -0.254. The molecule has 12 heteroatoms. The summed E-state index contributed by atoms with van der Waals surface area (Å²) in [6, 6.07) is 4.36. The van der Waals surface area contributed by atoms with Crippen LogP contribution < -0.4 is 0 Å². The first-order chi connectivity index (χ1) is 18.7. The molecule has 40 heavy (non-hydrogen) atoms. The second-order valence-corrected chi connectivity index (χ2v) is 9.85. The number of carbonyl (C=O) groups excluding carboxylic acids is 4. The van der Waals surface area contributed by atoms with Crippen LogP contribution in [0.1, 0.15) is 72.4 Å². The van der Waals surface area contributed by atoms with Gasteiger partial charge in [0.2, 0.25) is 0 Å². The van der Waals surface area contributed by atoms with E-state index in [2.05, 4.69) is 0 Å². The van der Waals surface area contributed by atoms with Gasteiger partial charge in [-0.1, -0.05) is 0 Å². The topological polar surface area (TPSA) is 186 Å². The molecule has 216 valence electrons. The fourth-order valence-electron chi connectivity index (χ4n) is 4.42. The zero-order valence-corrected chi connectivity index (χ0v) is 22.5. The van der Waals surface area contributed by atoms with Crippen molar-refractivity contribution in [3.63, 3.8) is 0 Å². The molecule has 3 rings (SSSR count). The number of carbonyl (C=O) groups is 4. The Balaban J connectivity index is 1.94. The molecular formula is C28H32O12. The van der Waals surface area contributed by atoms with Crippen molar-refractivity contribution in [2.45, 2.75) is 77.8 Å². The average molecular weight is 561 g/mol. The van der Waals surface area contributed by atoms with Crippen molar-refractivity contribution in [1.29, 1.82) is 0 Å². The molecule has 0 bridgehead atoms. The maximum absolute atomic E-state index is 12.9. The van der Waals surface area contributed by atoms with Crippen LogP contribution in [0, 0.1) is 0 Å². The molecule has 0 aliphatic carbocycles. The van der Waals surface area contributed by atoms with Gasteiger partial charge < -0.3 is 39.4 Å². The summed E-state index contributed by atoms with van der Waals surface area (Å²) in [6.07, 6.45) is -4.52. The van der Waals surface area contributed by atoms with Gasteiger partial charge in [-0.15, -0.1) is 0 Å². The van der Waals surface area contributed by atoms with E-state index < -0.39 is 59.8 Å². The van der Waals surface area contributed by atoms with Crippen molar-refractivity contribution in [3.05, 3.63) is 46.5 Å². The van der Waals surface area contributed by atoms with E-state index in [0.717, 1.165) is 12.1 Å². The molecule has 0 amide bonds. The van der Waals surface area contributed by atoms with Gasteiger partial charge in [-0.25, -0.2) is 9.59 Å². The van der Waals surface area contributed by atoms with Crippen LogP contribution in [0.2, 0.25) is 0 Å². The molecule has 0 saturated carbocycles. The van der Waals surface area contributed by atoms with Crippen molar-refractivity contribution in [2.24, 2.45) is 0 Å². The Labute approximate surface area is 230 Å². The van der Waals surface area contributed by atoms with E-state index in [1.165, 1.54) is 39.8 Å². The van der Waals surface area contributed by atoms with Gasteiger partial charge >= 0.3 is 23.9 Å². The van der Waals surface area contributed by atoms with E-state index in [4.69, 9.17) is 18.9 Å². The first-order valence-corrected chi connectivity index (χ1v) is 12.6. The summed E-state index contributed by atoms with van der Waals surface area (Å²) >= 11 is 0. The van der Waals surface area contributed by atoms with E-state index in [-0.39, 0.29) is 59.4 Å². The molecule has 12 nitrogen and oxygen atoms in total. The smallest absolute Gasteiger partial charge is 0.342 e. The fourth-order valence-corrected chi connectivity index (χ4v) is 4.42. The Morgan fingerprint density at radius 1 is 0.525 bits per heavy atom. The number of hydrogen-bond acceptors (Lipinski definition) is 12. The summed E-state index contributed by atoms with van der Waals surface area (Å²) in [5, 5.41) is 40.6. The second kappa shape index (κ2) is 12.6. The molecule has 2 aromatic rings. The highest BCUT2D eigenvalue weighted by Gasteiger charge is 2.28. The van der Waals surface area contributed by atoms with E-state index in [1.54, 1.807) is 0 Å². The zero-order chi connectivity index (χ0) is 29.7. The van der Waals surface area contributed by atoms with Gasteiger partial charge in [0.05, 0.1) is 12.8 Å². The van der Waals surface area contributed by atoms with Gasteiger partial charge in [0, 0.05) is 25.0 Å². The summed E-state index contributed by atoms with van der Waals surface area (Å²) in [6.45, 7) is 5.94. The molecule has 2 aromatic carbocycles. The van der Waals surface area contributed by atoms with Crippen LogP contribution in [0.5, 0.6) is 23.0 Å². The van der Waals surface area contributed by atoms with Crippen molar-refractivity contribution in [1.82, 2.24) is 0 Å². The number of aromatic hydroxyl groups is 4. The number of fused-ring (bicyclic) bond motifs is 2. The monoisotopic (exact) mass is 560 g/mol. The number of ether oxygens (including phenoxy) is 4. The first-order valence-electron chi connectivity index (χ1n) is 12.6. The van der Waals surface area contributed by atoms with E-state index in [9.17, 15) is 39.6 Å². The lowest BCUT2D eigenvalue weighted by Gasteiger charge is -2.21. The number of benzene rings is 2. The van der Waals surface area contributed by atoms with Gasteiger partial charge in [-0.3, -0.25) is 9.59 Å². The minimum Gasteiger partial charge on any atom is -0.508 e. The highest BCUT2D eigenvalue weighted by Crippen LogP contribution is 2.31. The lowest BCUT2D eigenvalue weighted by molar-refractivity contribution is -0.151. The van der Waals surface area contributed by atoms with E-state index in [1.807, 2.05) is 0 Å². The predicted octanol–water partition coefficient (Wildman–Crippen LogP) is 3.04. The average Bonchev–Trinajstić information content (AvgIpc) is 2.76. The highest BCUT2D eigenvalue weighted by atomic mass is 16.6. The Morgan fingerprint density at radius 2 is 0.850 bits per heavy atom. The first kappa shape index (κ1) is 30.1. The fraction of sp³-hybridized carbons (Fsp3) is 0.429. The van der Waals surface area contributed by atoms with Crippen LogP contribution in [0.15, 0.2) is 24.3 Å². The minimum absolute atomic E-state index is 0.0923. The summed E-state index contributed by atoms with van der Waals surface area (Å²) < 4.78 is 21.4. The molecule has 0 radical (unpaired) electrons. The van der Waals surface area contributed by atoms with Gasteiger partial charge in [0.25, 0.3) is 0 Å². The van der Waals surface area contributed by atoms with Crippen LogP contribution in [-0.4, -0.2) is 68.7 Å². The Kier molecular flexibility index (Phi) is 9.46. The molecule has 1 heterocycles. The molecule has 1 aliphatic rings. The number of phenolic OH excluding ortho intramolecular Hbond substituents is 4. The second-order valence-electron chi connectivity index (χ2n) is 9.85. The third kappa shape index (κ3) is 7.78. The van der Waals surface area contributed by atoms with E-state index in [0.29, 0.717) is 0 Å². The number of phenols is 4. The lowest BCUT2D eigenvalue weighted by atomic mass is 10.00. The predicted molar refractivity (Wildman–Crippen MR) is 137 cm³/mol. The molecule has 4 atom stereocenters. The Hall–Kier alpha value is -4.48. The van der Waals surface area contributed by atoms with Crippen LogP contribution >= 0.6 is 0 Å². The minimum atomic E-state index is -0.981. The molecule has 0 spiro atoms. The Bertz CT molecular complexity index is 1200. The van der Waals surface area contributed by atoms with Gasteiger partial charge in [-0.2, -0.15) is 0 Å².